The highest BCUT2D eigenvalue weighted by molar-refractivity contribution is 6.07. The van der Waals surface area contributed by atoms with Crippen molar-refractivity contribution in [2.75, 3.05) is 18.5 Å². The van der Waals surface area contributed by atoms with E-state index in [0.29, 0.717) is 17.8 Å². The van der Waals surface area contributed by atoms with Crippen molar-refractivity contribution < 1.29 is 9.53 Å². The predicted octanol–water partition coefficient (Wildman–Crippen LogP) is 5.91. The second-order valence-corrected chi connectivity index (χ2v) is 8.01. The van der Waals surface area contributed by atoms with Crippen LogP contribution in [-0.4, -0.2) is 40.0 Å². The van der Waals surface area contributed by atoms with E-state index in [1.54, 1.807) is 6.20 Å². The zero-order valence-electron chi connectivity index (χ0n) is 18.9. The van der Waals surface area contributed by atoms with Crippen LogP contribution in [0, 0.1) is 6.92 Å². The summed E-state index contributed by atoms with van der Waals surface area (Å²) in [5.41, 5.74) is 3.76. The Labute approximate surface area is 195 Å². The molecule has 1 amide bonds. The molecule has 0 spiro atoms. The largest absolute Gasteiger partial charge is 0.494 e. The van der Waals surface area contributed by atoms with Gasteiger partial charge in [-0.15, -0.1) is 12.4 Å². The van der Waals surface area contributed by atoms with Crippen molar-refractivity contribution in [2.45, 2.75) is 52.5 Å². The average Bonchev–Trinajstić information content (AvgIpc) is 2.80. The van der Waals surface area contributed by atoms with Crippen LogP contribution in [-0.2, 0) is 0 Å². The van der Waals surface area contributed by atoms with E-state index in [1.807, 2.05) is 55.1 Å². The Hall–Kier alpha value is -2.86. The first kappa shape index (κ1) is 23.8. The Morgan fingerprint density at radius 1 is 1.16 bits per heavy atom. The van der Waals surface area contributed by atoms with E-state index in [-0.39, 0.29) is 24.4 Å². The van der Waals surface area contributed by atoms with Crippen LogP contribution in [0.15, 0.2) is 42.6 Å². The van der Waals surface area contributed by atoms with Gasteiger partial charge in [0.15, 0.2) is 5.65 Å². The third-order valence-corrected chi connectivity index (χ3v) is 5.89. The summed E-state index contributed by atoms with van der Waals surface area (Å²) in [7, 11) is 0. The molecule has 0 saturated carbocycles. The van der Waals surface area contributed by atoms with Crippen LogP contribution in [0.5, 0.6) is 5.75 Å². The molecule has 1 aromatic carbocycles. The van der Waals surface area contributed by atoms with Crippen molar-refractivity contribution in [2.24, 2.45) is 0 Å². The summed E-state index contributed by atoms with van der Waals surface area (Å²) >= 11 is 0. The zero-order valence-corrected chi connectivity index (χ0v) is 19.7. The van der Waals surface area contributed by atoms with Gasteiger partial charge in [0.2, 0.25) is 0 Å². The summed E-state index contributed by atoms with van der Waals surface area (Å²) in [6, 6.07) is 12.0. The number of amides is 1. The van der Waals surface area contributed by atoms with E-state index >= 15 is 0 Å². The molecule has 1 saturated heterocycles. The molecule has 0 bridgehead atoms. The molecule has 0 aliphatic carbocycles. The highest BCUT2D eigenvalue weighted by Gasteiger charge is 2.28. The van der Waals surface area contributed by atoms with Gasteiger partial charge in [-0.3, -0.25) is 4.79 Å². The number of rotatable bonds is 6. The van der Waals surface area contributed by atoms with E-state index < -0.39 is 0 Å². The monoisotopic (exact) mass is 454 g/mol. The minimum absolute atomic E-state index is 0. The predicted molar refractivity (Wildman–Crippen MR) is 131 cm³/mol. The molecule has 1 aliphatic heterocycles. The first-order valence-electron chi connectivity index (χ1n) is 11.2. The molecule has 2 aromatic heterocycles. The Morgan fingerprint density at radius 2 is 1.94 bits per heavy atom. The number of hydrogen-bond donors (Lipinski definition) is 1. The number of carbonyl (C=O) groups excluding carboxylic acids is 1. The van der Waals surface area contributed by atoms with E-state index in [1.165, 1.54) is 6.42 Å². The van der Waals surface area contributed by atoms with Crippen molar-refractivity contribution in [3.05, 3.63) is 53.9 Å². The van der Waals surface area contributed by atoms with Crippen LogP contribution in [0.2, 0.25) is 0 Å². The van der Waals surface area contributed by atoms with Crippen LogP contribution >= 0.6 is 12.4 Å². The number of hydrogen-bond acceptors (Lipinski definition) is 5. The van der Waals surface area contributed by atoms with Crippen molar-refractivity contribution in [3.63, 3.8) is 0 Å². The lowest BCUT2D eigenvalue weighted by Gasteiger charge is -2.35. The number of aryl methyl sites for hydroxylation is 1. The fourth-order valence-corrected chi connectivity index (χ4v) is 4.26. The normalized spacial score (nSPS) is 15.8. The number of aromatic nitrogens is 2. The minimum Gasteiger partial charge on any atom is -0.494 e. The van der Waals surface area contributed by atoms with Gasteiger partial charge in [-0.05, 0) is 75.9 Å². The van der Waals surface area contributed by atoms with Gasteiger partial charge in [-0.25, -0.2) is 9.97 Å². The summed E-state index contributed by atoms with van der Waals surface area (Å²) in [5.74, 6) is 0.857. The maximum absolute atomic E-state index is 13.6. The summed E-state index contributed by atoms with van der Waals surface area (Å²) in [5, 5.41) is 4.32. The third kappa shape index (κ3) is 4.96. The molecular formula is C25H31ClN4O2. The average molecular weight is 455 g/mol. The molecule has 7 heteroatoms. The molecule has 170 valence electrons. The Balaban J connectivity index is 0.00000289. The van der Waals surface area contributed by atoms with Gasteiger partial charge < -0.3 is 15.0 Å². The lowest BCUT2D eigenvalue weighted by molar-refractivity contribution is 0.0609. The molecule has 1 atom stereocenters. The number of likely N-dealkylation sites (tertiary alicyclic amines) is 1. The number of piperidine rings is 1. The Morgan fingerprint density at radius 3 is 2.66 bits per heavy atom. The molecular weight excluding hydrogens is 424 g/mol. The van der Waals surface area contributed by atoms with Gasteiger partial charge >= 0.3 is 0 Å². The summed E-state index contributed by atoms with van der Waals surface area (Å²) in [6.07, 6.45) is 5.93. The number of ether oxygens (including phenoxy) is 1. The van der Waals surface area contributed by atoms with Gasteiger partial charge in [-0.2, -0.15) is 0 Å². The van der Waals surface area contributed by atoms with Gasteiger partial charge in [0.05, 0.1) is 17.9 Å². The number of benzene rings is 1. The summed E-state index contributed by atoms with van der Waals surface area (Å²) < 4.78 is 5.55. The van der Waals surface area contributed by atoms with Gasteiger partial charge in [0.25, 0.3) is 5.91 Å². The van der Waals surface area contributed by atoms with Crippen molar-refractivity contribution in [3.8, 4) is 5.75 Å². The second-order valence-electron chi connectivity index (χ2n) is 8.01. The molecule has 32 heavy (non-hydrogen) atoms. The van der Waals surface area contributed by atoms with Crippen molar-refractivity contribution in [1.29, 1.82) is 0 Å². The lowest BCUT2D eigenvalue weighted by Crippen LogP contribution is -2.43. The van der Waals surface area contributed by atoms with Crippen LogP contribution < -0.4 is 10.1 Å². The van der Waals surface area contributed by atoms with Crippen LogP contribution in [0.25, 0.3) is 11.0 Å². The zero-order chi connectivity index (χ0) is 21.8. The maximum atomic E-state index is 13.6. The topological polar surface area (TPSA) is 67.3 Å². The fraction of sp³-hybridized carbons (Fsp3) is 0.400. The number of pyridine rings is 2. The number of nitrogens with one attached hydrogen (secondary N) is 1. The van der Waals surface area contributed by atoms with Crippen LogP contribution in [0.1, 0.15) is 55.6 Å². The van der Waals surface area contributed by atoms with Gasteiger partial charge in [-0.1, -0.05) is 6.92 Å². The molecule has 1 fully saturated rings. The van der Waals surface area contributed by atoms with Crippen LogP contribution in [0.3, 0.4) is 0 Å². The Kier molecular flexibility index (Phi) is 7.91. The third-order valence-electron chi connectivity index (χ3n) is 5.89. The second kappa shape index (κ2) is 10.6. The molecule has 6 nitrogen and oxygen atoms in total. The first-order chi connectivity index (χ1) is 15.1. The number of halogens is 1. The molecule has 4 rings (SSSR count). The van der Waals surface area contributed by atoms with Gasteiger partial charge in [0.1, 0.15) is 5.75 Å². The van der Waals surface area contributed by atoms with E-state index in [4.69, 9.17) is 4.74 Å². The lowest BCUT2D eigenvalue weighted by atomic mass is 9.98. The number of anilines is 2. The molecule has 1 aliphatic rings. The van der Waals surface area contributed by atoms with Crippen molar-refractivity contribution in [1.82, 2.24) is 14.9 Å². The molecule has 1 N–H and O–H groups in total. The highest BCUT2D eigenvalue weighted by Crippen LogP contribution is 2.32. The van der Waals surface area contributed by atoms with Crippen LogP contribution in [0.4, 0.5) is 11.4 Å². The summed E-state index contributed by atoms with van der Waals surface area (Å²) in [4.78, 5) is 24.8. The smallest absolute Gasteiger partial charge is 0.257 e. The van der Waals surface area contributed by atoms with E-state index in [9.17, 15) is 4.79 Å². The molecule has 0 radical (unpaired) electrons. The molecule has 3 heterocycles. The standard InChI is InChI=1S/C25H30N4O2.ClH/c1-4-19-8-6-7-15-29(19)25(30)22-16-26-24-21(14-9-17(3)27-24)23(22)28-18-10-12-20(13-11-18)31-5-2;/h9-14,16,19H,4-8,15H2,1-3H3,(H,26,27,28);1H. The Bertz CT molecular complexity index is 1070. The van der Waals surface area contributed by atoms with E-state index in [0.717, 1.165) is 54.0 Å². The van der Waals surface area contributed by atoms with Crippen molar-refractivity contribution >= 4 is 40.7 Å². The first-order valence-corrected chi connectivity index (χ1v) is 11.2. The molecule has 1 unspecified atom stereocenters. The van der Waals surface area contributed by atoms with Gasteiger partial charge in [0, 0.05) is 35.6 Å². The maximum Gasteiger partial charge on any atom is 0.257 e. The molecule has 3 aromatic rings. The number of fused-ring (bicyclic) bond motifs is 1. The minimum atomic E-state index is 0. The highest BCUT2D eigenvalue weighted by atomic mass is 35.5. The quantitative estimate of drug-likeness (QED) is 0.501. The number of carbonyl (C=O) groups is 1. The van der Waals surface area contributed by atoms with E-state index in [2.05, 4.69) is 22.2 Å². The SMILES string of the molecule is CCOc1ccc(Nc2c(C(=O)N3CCCCC3CC)cnc3nc(C)ccc23)cc1.Cl. The summed E-state index contributed by atoms with van der Waals surface area (Å²) in [6.45, 7) is 7.48. The number of nitrogens with zero attached hydrogens (tertiary/aromatic N) is 3. The fourth-order valence-electron chi connectivity index (χ4n) is 4.26.